The Labute approximate surface area is 124 Å². The van der Waals surface area contributed by atoms with Crippen molar-refractivity contribution in [2.75, 3.05) is 30.9 Å². The largest absolute Gasteiger partial charge is 0.418 e. The van der Waals surface area contributed by atoms with E-state index in [1.165, 1.54) is 24.4 Å². The molecule has 118 valence electrons. The average Bonchev–Trinajstić information content (AvgIpc) is 2.47. The van der Waals surface area contributed by atoms with Crippen LogP contribution < -0.4 is 10.6 Å². The van der Waals surface area contributed by atoms with Gasteiger partial charge in [0.15, 0.2) is 5.82 Å². The Morgan fingerprint density at radius 1 is 1.23 bits per heavy atom. The first kappa shape index (κ1) is 16.0. The van der Waals surface area contributed by atoms with Crippen molar-refractivity contribution in [1.82, 2.24) is 15.2 Å². The predicted octanol–water partition coefficient (Wildman–Crippen LogP) is 2.69. The van der Waals surface area contributed by atoms with Crippen molar-refractivity contribution in [3.8, 4) is 0 Å². The maximum absolute atomic E-state index is 12.9. The Hall–Kier alpha value is -2.42. The molecule has 0 fully saturated rings. The van der Waals surface area contributed by atoms with E-state index in [9.17, 15) is 13.2 Å². The van der Waals surface area contributed by atoms with Gasteiger partial charge in [-0.1, -0.05) is 12.1 Å². The molecule has 0 amide bonds. The number of hydrogen-bond donors (Lipinski definition) is 2. The molecule has 2 aromatic rings. The molecule has 0 aliphatic carbocycles. The molecule has 0 saturated carbocycles. The van der Waals surface area contributed by atoms with Crippen LogP contribution in [0.15, 0.2) is 30.5 Å². The molecule has 6 nitrogen and oxygen atoms in total. The second-order valence-corrected chi connectivity index (χ2v) is 4.25. The Bertz CT molecular complexity index is 621. The number of rotatable bonds is 6. The van der Waals surface area contributed by atoms with E-state index < -0.39 is 11.7 Å². The van der Waals surface area contributed by atoms with E-state index in [1.807, 2.05) is 0 Å². The van der Waals surface area contributed by atoms with Gasteiger partial charge in [-0.05, 0) is 12.1 Å². The van der Waals surface area contributed by atoms with Crippen molar-refractivity contribution in [2.45, 2.75) is 6.18 Å². The third kappa shape index (κ3) is 4.29. The first-order chi connectivity index (χ1) is 10.5. The van der Waals surface area contributed by atoms with Crippen molar-refractivity contribution in [3.05, 3.63) is 36.0 Å². The number of ether oxygens (including phenoxy) is 1. The number of para-hydroxylation sites is 1. The molecule has 2 N–H and O–H groups in total. The topological polar surface area (TPSA) is 72.0 Å². The van der Waals surface area contributed by atoms with Crippen LogP contribution in [0.1, 0.15) is 5.56 Å². The monoisotopic (exact) mass is 313 g/mol. The van der Waals surface area contributed by atoms with E-state index in [1.54, 1.807) is 7.11 Å². The van der Waals surface area contributed by atoms with E-state index in [-0.39, 0.29) is 11.6 Å². The van der Waals surface area contributed by atoms with Crippen LogP contribution in [0.3, 0.4) is 0 Å². The second-order valence-electron chi connectivity index (χ2n) is 4.25. The van der Waals surface area contributed by atoms with Crippen LogP contribution in [0, 0.1) is 0 Å². The summed E-state index contributed by atoms with van der Waals surface area (Å²) in [5.74, 6) is 0.359. The Morgan fingerprint density at radius 2 is 2.00 bits per heavy atom. The lowest BCUT2D eigenvalue weighted by Gasteiger charge is -2.13. The molecule has 1 aromatic heterocycles. The summed E-state index contributed by atoms with van der Waals surface area (Å²) in [6.45, 7) is 0.956. The summed E-state index contributed by atoms with van der Waals surface area (Å²) >= 11 is 0. The van der Waals surface area contributed by atoms with Crippen LogP contribution in [-0.4, -0.2) is 35.4 Å². The van der Waals surface area contributed by atoms with Gasteiger partial charge in [0.2, 0.25) is 5.95 Å². The van der Waals surface area contributed by atoms with Crippen LogP contribution in [0.5, 0.6) is 0 Å². The molecule has 0 bridgehead atoms. The molecular formula is C13H14F3N5O. The summed E-state index contributed by atoms with van der Waals surface area (Å²) in [6.07, 6.45) is -3.10. The third-order valence-corrected chi connectivity index (χ3v) is 2.65. The van der Waals surface area contributed by atoms with E-state index in [4.69, 9.17) is 4.74 Å². The van der Waals surface area contributed by atoms with Crippen LogP contribution in [0.4, 0.5) is 30.6 Å². The highest BCUT2D eigenvalue weighted by Crippen LogP contribution is 2.35. The molecule has 0 radical (unpaired) electrons. The smallest absolute Gasteiger partial charge is 0.383 e. The van der Waals surface area contributed by atoms with Gasteiger partial charge in [0, 0.05) is 13.7 Å². The summed E-state index contributed by atoms with van der Waals surface area (Å²) in [5, 5.41) is 12.8. The maximum Gasteiger partial charge on any atom is 0.418 e. The number of nitrogens with zero attached hydrogens (tertiary/aromatic N) is 3. The van der Waals surface area contributed by atoms with Gasteiger partial charge in [0.25, 0.3) is 0 Å². The van der Waals surface area contributed by atoms with Crippen molar-refractivity contribution >= 4 is 17.5 Å². The van der Waals surface area contributed by atoms with Crippen LogP contribution in [0.25, 0.3) is 0 Å². The zero-order valence-corrected chi connectivity index (χ0v) is 11.7. The zero-order chi connectivity index (χ0) is 16.0. The molecule has 0 aliphatic rings. The highest BCUT2D eigenvalue weighted by Gasteiger charge is 2.33. The SMILES string of the molecule is COCCNc1cnnc(Nc2ccccc2C(F)(F)F)n1. The third-order valence-electron chi connectivity index (χ3n) is 2.65. The maximum atomic E-state index is 12.9. The second kappa shape index (κ2) is 7.03. The fourth-order valence-corrected chi connectivity index (χ4v) is 1.68. The number of aromatic nitrogens is 3. The molecule has 0 aliphatic heterocycles. The Balaban J connectivity index is 2.16. The summed E-state index contributed by atoms with van der Waals surface area (Å²) in [4.78, 5) is 4.04. The van der Waals surface area contributed by atoms with Crippen molar-refractivity contribution in [2.24, 2.45) is 0 Å². The normalized spacial score (nSPS) is 11.3. The highest BCUT2D eigenvalue weighted by molar-refractivity contribution is 5.59. The summed E-state index contributed by atoms with van der Waals surface area (Å²) in [5.41, 5.74) is -0.929. The average molecular weight is 313 g/mol. The number of benzene rings is 1. The van der Waals surface area contributed by atoms with E-state index >= 15 is 0 Å². The molecule has 0 atom stereocenters. The van der Waals surface area contributed by atoms with Gasteiger partial charge in [-0.25, -0.2) is 0 Å². The molecule has 1 aromatic carbocycles. The zero-order valence-electron chi connectivity index (χ0n) is 11.7. The first-order valence-electron chi connectivity index (χ1n) is 6.36. The molecule has 1 heterocycles. The molecule has 2 rings (SSSR count). The lowest BCUT2D eigenvalue weighted by atomic mass is 10.1. The minimum absolute atomic E-state index is 0.0286. The van der Waals surface area contributed by atoms with Gasteiger partial charge in [-0.2, -0.15) is 23.3 Å². The number of nitrogens with one attached hydrogen (secondary N) is 2. The number of alkyl halides is 3. The summed E-state index contributed by atoms with van der Waals surface area (Å²) in [7, 11) is 1.56. The summed E-state index contributed by atoms with van der Waals surface area (Å²) in [6, 6.07) is 5.09. The van der Waals surface area contributed by atoms with Gasteiger partial charge >= 0.3 is 6.18 Å². The van der Waals surface area contributed by atoms with Crippen molar-refractivity contribution in [3.63, 3.8) is 0 Å². The minimum Gasteiger partial charge on any atom is -0.383 e. The minimum atomic E-state index is -4.47. The van der Waals surface area contributed by atoms with Crippen molar-refractivity contribution in [1.29, 1.82) is 0 Å². The summed E-state index contributed by atoms with van der Waals surface area (Å²) < 4.78 is 43.6. The highest BCUT2D eigenvalue weighted by atomic mass is 19.4. The van der Waals surface area contributed by atoms with Gasteiger partial charge in [-0.3, -0.25) is 0 Å². The van der Waals surface area contributed by atoms with Crippen LogP contribution in [0.2, 0.25) is 0 Å². The van der Waals surface area contributed by atoms with Crippen LogP contribution in [-0.2, 0) is 10.9 Å². The Kier molecular flexibility index (Phi) is 5.10. The predicted molar refractivity (Wildman–Crippen MR) is 74.9 cm³/mol. The van der Waals surface area contributed by atoms with E-state index in [0.29, 0.717) is 19.0 Å². The standard InChI is InChI=1S/C13H14F3N5O/c1-22-7-6-17-11-8-18-21-12(20-11)19-10-5-3-2-4-9(10)13(14,15)16/h2-5,8H,6-7H2,1H3,(H2,17,19,20,21). The van der Waals surface area contributed by atoms with Gasteiger partial charge < -0.3 is 15.4 Å². The lowest BCUT2D eigenvalue weighted by molar-refractivity contribution is -0.136. The molecule has 9 heteroatoms. The van der Waals surface area contributed by atoms with Gasteiger partial charge in [-0.15, -0.1) is 5.10 Å². The number of anilines is 3. The molecular weight excluding hydrogens is 299 g/mol. The number of hydrogen-bond acceptors (Lipinski definition) is 6. The van der Waals surface area contributed by atoms with E-state index in [0.717, 1.165) is 6.07 Å². The quantitative estimate of drug-likeness (QED) is 0.799. The fraction of sp³-hybridized carbons (Fsp3) is 0.308. The first-order valence-corrected chi connectivity index (χ1v) is 6.36. The van der Waals surface area contributed by atoms with Crippen molar-refractivity contribution < 1.29 is 17.9 Å². The fourth-order valence-electron chi connectivity index (χ4n) is 1.68. The molecule has 0 spiro atoms. The Morgan fingerprint density at radius 3 is 2.73 bits per heavy atom. The number of methoxy groups -OCH3 is 1. The van der Waals surface area contributed by atoms with Crippen LogP contribution >= 0.6 is 0 Å². The van der Waals surface area contributed by atoms with E-state index in [2.05, 4.69) is 25.8 Å². The molecule has 0 unspecified atom stereocenters. The molecule has 22 heavy (non-hydrogen) atoms. The van der Waals surface area contributed by atoms with Gasteiger partial charge in [0.1, 0.15) is 0 Å². The molecule has 0 saturated heterocycles. The lowest BCUT2D eigenvalue weighted by Crippen LogP contribution is -2.12. The van der Waals surface area contributed by atoms with Gasteiger partial charge in [0.05, 0.1) is 24.1 Å². The number of halogens is 3.